The number of aromatic nitrogens is 4. The molecular weight excluding hydrogens is 361 g/mol. The summed E-state index contributed by atoms with van der Waals surface area (Å²) in [5.41, 5.74) is -0.402. The van der Waals surface area contributed by atoms with E-state index in [1.165, 1.54) is 19.9 Å². The molecule has 2 N–H and O–H groups in total. The van der Waals surface area contributed by atoms with Crippen LogP contribution < -0.4 is 10.3 Å². The minimum Gasteiger partial charge on any atom is -0.275 e. The predicted octanol–water partition coefficient (Wildman–Crippen LogP) is 1.93. The fourth-order valence-electron chi connectivity index (χ4n) is 2.51. The third-order valence-electron chi connectivity index (χ3n) is 3.89. The van der Waals surface area contributed by atoms with Gasteiger partial charge in [0.2, 0.25) is 0 Å². The maximum atomic E-state index is 13.4. The summed E-state index contributed by atoms with van der Waals surface area (Å²) in [7, 11) is -4.07. The molecule has 0 spiro atoms. The van der Waals surface area contributed by atoms with Gasteiger partial charge in [-0.25, -0.2) is 17.8 Å². The number of H-pyrrole nitrogens is 1. The van der Waals surface area contributed by atoms with Gasteiger partial charge in [0.1, 0.15) is 17.3 Å². The van der Waals surface area contributed by atoms with E-state index in [9.17, 15) is 17.6 Å². The molecule has 3 rings (SSSR count). The molecule has 0 bridgehead atoms. The number of anilines is 1. The van der Waals surface area contributed by atoms with E-state index in [-0.39, 0.29) is 27.6 Å². The molecule has 0 amide bonds. The molecule has 0 aliphatic rings. The molecule has 0 atom stereocenters. The van der Waals surface area contributed by atoms with Crippen molar-refractivity contribution in [2.75, 3.05) is 4.72 Å². The Kier molecular flexibility index (Phi) is 4.53. The van der Waals surface area contributed by atoms with Crippen molar-refractivity contribution >= 4 is 21.5 Å². The SMILES string of the molecule is CCCc1nc2nc(C)c(NS(=O)(=O)c3ccc(F)c(C)c3)c(=O)n2[nH]1. The average Bonchev–Trinajstić information content (AvgIpc) is 2.97. The quantitative estimate of drug-likeness (QED) is 0.704. The molecule has 0 radical (unpaired) electrons. The van der Waals surface area contributed by atoms with Crippen LogP contribution in [0.2, 0.25) is 0 Å². The molecule has 0 saturated heterocycles. The number of nitrogens with zero attached hydrogens (tertiary/aromatic N) is 3. The Hall–Kier alpha value is -2.75. The molecule has 2 aromatic heterocycles. The van der Waals surface area contributed by atoms with E-state index in [1.54, 1.807) is 0 Å². The van der Waals surface area contributed by atoms with Gasteiger partial charge in [0, 0.05) is 6.42 Å². The zero-order valence-corrected chi connectivity index (χ0v) is 15.3. The van der Waals surface area contributed by atoms with Crippen LogP contribution in [0, 0.1) is 19.7 Å². The summed E-state index contributed by atoms with van der Waals surface area (Å²) in [5, 5.41) is 2.82. The lowest BCUT2D eigenvalue weighted by atomic mass is 10.2. The maximum absolute atomic E-state index is 13.4. The first-order valence-electron chi connectivity index (χ1n) is 8.00. The van der Waals surface area contributed by atoms with Gasteiger partial charge in [0.25, 0.3) is 21.4 Å². The van der Waals surface area contributed by atoms with Crippen molar-refractivity contribution in [3.63, 3.8) is 0 Å². The van der Waals surface area contributed by atoms with Gasteiger partial charge in [-0.15, -0.1) is 0 Å². The minimum absolute atomic E-state index is 0.142. The van der Waals surface area contributed by atoms with Crippen molar-refractivity contribution in [3.8, 4) is 0 Å². The number of sulfonamides is 1. The smallest absolute Gasteiger partial charge is 0.275 e. The van der Waals surface area contributed by atoms with Crippen LogP contribution in [0.5, 0.6) is 0 Å². The third-order valence-corrected chi connectivity index (χ3v) is 5.23. The number of nitrogens with one attached hydrogen (secondary N) is 2. The summed E-state index contributed by atoms with van der Waals surface area (Å²) < 4.78 is 41.9. The first kappa shape index (κ1) is 18.1. The lowest BCUT2D eigenvalue weighted by Crippen LogP contribution is -2.25. The second-order valence-electron chi connectivity index (χ2n) is 5.95. The Labute approximate surface area is 149 Å². The van der Waals surface area contributed by atoms with Gasteiger partial charge in [-0.05, 0) is 44.0 Å². The first-order valence-corrected chi connectivity index (χ1v) is 9.48. The molecule has 0 fully saturated rings. The molecule has 1 aromatic carbocycles. The summed E-state index contributed by atoms with van der Waals surface area (Å²) in [4.78, 5) is 20.9. The van der Waals surface area contributed by atoms with Crippen molar-refractivity contribution in [2.24, 2.45) is 0 Å². The highest BCUT2D eigenvalue weighted by Crippen LogP contribution is 2.18. The number of fused-ring (bicyclic) bond motifs is 1. The summed E-state index contributed by atoms with van der Waals surface area (Å²) in [6.07, 6.45) is 1.47. The van der Waals surface area contributed by atoms with E-state index in [2.05, 4.69) is 19.8 Å². The predicted molar refractivity (Wildman–Crippen MR) is 94.3 cm³/mol. The number of benzene rings is 1. The standard InChI is InChI=1S/C16H18FN5O3S/c1-4-5-13-19-16-18-10(3)14(15(23)22(16)20-13)21-26(24,25)11-6-7-12(17)9(2)8-11/h6-8,21H,4-5H2,1-3H3,(H,18,19,20). The normalized spacial score (nSPS) is 11.8. The Balaban J connectivity index is 2.07. The van der Waals surface area contributed by atoms with E-state index < -0.39 is 21.4 Å². The maximum Gasteiger partial charge on any atom is 0.298 e. The zero-order chi connectivity index (χ0) is 19.1. The molecule has 0 saturated carbocycles. The van der Waals surface area contributed by atoms with Crippen LogP contribution in [0.4, 0.5) is 10.1 Å². The number of aromatic amines is 1. The molecule has 138 valence electrons. The van der Waals surface area contributed by atoms with Gasteiger partial charge in [-0.3, -0.25) is 14.6 Å². The zero-order valence-electron chi connectivity index (χ0n) is 14.5. The molecule has 2 heterocycles. The number of aryl methyl sites for hydroxylation is 3. The van der Waals surface area contributed by atoms with E-state index in [0.29, 0.717) is 12.2 Å². The molecule has 26 heavy (non-hydrogen) atoms. The molecular formula is C16H18FN5O3S. The van der Waals surface area contributed by atoms with Gasteiger partial charge in [0.05, 0.1) is 10.6 Å². The van der Waals surface area contributed by atoms with Crippen LogP contribution in [0.3, 0.4) is 0 Å². The number of hydrogen-bond donors (Lipinski definition) is 2. The second kappa shape index (κ2) is 6.52. The highest BCUT2D eigenvalue weighted by atomic mass is 32.2. The summed E-state index contributed by atoms with van der Waals surface area (Å²) in [6, 6.07) is 3.40. The van der Waals surface area contributed by atoms with E-state index in [1.807, 2.05) is 6.92 Å². The van der Waals surface area contributed by atoms with Gasteiger partial charge in [-0.1, -0.05) is 6.92 Å². The van der Waals surface area contributed by atoms with Crippen molar-refractivity contribution < 1.29 is 12.8 Å². The Morgan fingerprint density at radius 1 is 1.27 bits per heavy atom. The fourth-order valence-corrected chi connectivity index (χ4v) is 3.71. The van der Waals surface area contributed by atoms with Gasteiger partial charge in [0.15, 0.2) is 0 Å². The molecule has 8 nitrogen and oxygen atoms in total. The Morgan fingerprint density at radius 2 is 2.00 bits per heavy atom. The Morgan fingerprint density at radius 3 is 2.65 bits per heavy atom. The highest BCUT2D eigenvalue weighted by Gasteiger charge is 2.21. The molecule has 0 aliphatic heterocycles. The van der Waals surface area contributed by atoms with Crippen LogP contribution in [0.25, 0.3) is 5.78 Å². The summed E-state index contributed by atoms with van der Waals surface area (Å²) >= 11 is 0. The topological polar surface area (TPSA) is 109 Å². The molecule has 0 unspecified atom stereocenters. The highest BCUT2D eigenvalue weighted by molar-refractivity contribution is 7.92. The van der Waals surface area contributed by atoms with Crippen LogP contribution in [-0.4, -0.2) is 28.0 Å². The van der Waals surface area contributed by atoms with Crippen molar-refractivity contribution in [1.82, 2.24) is 19.6 Å². The molecule has 10 heteroatoms. The van der Waals surface area contributed by atoms with Crippen LogP contribution in [0.15, 0.2) is 27.9 Å². The van der Waals surface area contributed by atoms with Crippen LogP contribution in [-0.2, 0) is 16.4 Å². The van der Waals surface area contributed by atoms with E-state index >= 15 is 0 Å². The first-order chi connectivity index (χ1) is 12.2. The van der Waals surface area contributed by atoms with E-state index in [0.717, 1.165) is 23.1 Å². The second-order valence-corrected chi connectivity index (χ2v) is 7.63. The summed E-state index contributed by atoms with van der Waals surface area (Å²) in [5.74, 6) is 0.256. The van der Waals surface area contributed by atoms with Crippen LogP contribution in [0.1, 0.15) is 30.4 Å². The van der Waals surface area contributed by atoms with Crippen molar-refractivity contribution in [2.45, 2.75) is 38.5 Å². The van der Waals surface area contributed by atoms with Gasteiger partial charge in [-0.2, -0.15) is 9.50 Å². The van der Waals surface area contributed by atoms with Crippen LogP contribution >= 0.6 is 0 Å². The lowest BCUT2D eigenvalue weighted by molar-refractivity contribution is 0.598. The van der Waals surface area contributed by atoms with Crippen molar-refractivity contribution in [1.29, 1.82) is 0 Å². The van der Waals surface area contributed by atoms with Gasteiger partial charge < -0.3 is 0 Å². The number of halogens is 1. The number of hydrogen-bond acceptors (Lipinski definition) is 5. The van der Waals surface area contributed by atoms with Crippen molar-refractivity contribution in [3.05, 3.63) is 51.5 Å². The monoisotopic (exact) mass is 379 g/mol. The third kappa shape index (κ3) is 3.19. The molecule has 3 aromatic rings. The minimum atomic E-state index is -4.07. The average molecular weight is 379 g/mol. The molecule has 0 aliphatic carbocycles. The fraction of sp³-hybridized carbons (Fsp3) is 0.312. The van der Waals surface area contributed by atoms with E-state index in [4.69, 9.17) is 0 Å². The Bertz CT molecular complexity index is 1150. The largest absolute Gasteiger partial charge is 0.298 e. The lowest BCUT2D eigenvalue weighted by Gasteiger charge is -2.10. The van der Waals surface area contributed by atoms with Gasteiger partial charge >= 0.3 is 0 Å². The number of rotatable bonds is 5. The summed E-state index contributed by atoms with van der Waals surface area (Å²) in [6.45, 7) is 4.95.